The van der Waals surface area contributed by atoms with Crippen molar-refractivity contribution in [1.82, 2.24) is 9.88 Å². The second-order valence-electron chi connectivity index (χ2n) is 7.09. The number of anilines is 1. The summed E-state index contributed by atoms with van der Waals surface area (Å²) in [4.78, 5) is 18.2. The quantitative estimate of drug-likeness (QED) is 0.604. The Kier molecular flexibility index (Phi) is 6.03. The first kappa shape index (κ1) is 19.6. The molecule has 2 heterocycles. The number of halogens is 1. The number of hydrogen-bond donors (Lipinski definition) is 1. The van der Waals surface area contributed by atoms with Crippen LogP contribution in [0.3, 0.4) is 0 Å². The fourth-order valence-corrected chi connectivity index (χ4v) is 3.36. The van der Waals surface area contributed by atoms with Crippen LogP contribution in [0.2, 0.25) is 0 Å². The minimum absolute atomic E-state index is 0.0801. The van der Waals surface area contributed by atoms with Crippen molar-refractivity contribution in [3.8, 4) is 11.5 Å². The zero-order chi connectivity index (χ0) is 20.8. The maximum Gasteiger partial charge on any atom is 0.246 e. The van der Waals surface area contributed by atoms with Crippen LogP contribution in [0.1, 0.15) is 12.0 Å². The van der Waals surface area contributed by atoms with Crippen LogP contribution in [0, 0.1) is 5.82 Å². The van der Waals surface area contributed by atoms with Crippen molar-refractivity contribution < 1.29 is 13.9 Å². The summed E-state index contributed by atoms with van der Waals surface area (Å²) in [5.41, 5.74) is 1.65. The Labute approximate surface area is 174 Å². The Bertz CT molecular complexity index is 1030. The predicted molar refractivity (Wildman–Crippen MR) is 115 cm³/mol. The highest BCUT2D eigenvalue weighted by Gasteiger charge is 2.24. The normalized spacial score (nSPS) is 16.0. The highest BCUT2D eigenvalue weighted by molar-refractivity contribution is 5.92. The molecule has 4 rings (SSSR count). The van der Waals surface area contributed by atoms with Crippen molar-refractivity contribution in [3.63, 3.8) is 0 Å². The van der Waals surface area contributed by atoms with Gasteiger partial charge in [-0.15, -0.1) is 0 Å². The number of ether oxygens (including phenoxy) is 1. The van der Waals surface area contributed by atoms with Crippen molar-refractivity contribution in [3.05, 3.63) is 90.5 Å². The van der Waals surface area contributed by atoms with E-state index >= 15 is 0 Å². The molecule has 5 nitrogen and oxygen atoms in total. The first-order valence-corrected chi connectivity index (χ1v) is 9.83. The Morgan fingerprint density at radius 2 is 2.03 bits per heavy atom. The lowest BCUT2D eigenvalue weighted by molar-refractivity contribution is -0.124. The van der Waals surface area contributed by atoms with Crippen LogP contribution in [0.4, 0.5) is 10.1 Å². The molecule has 1 amide bonds. The molecule has 1 N–H and O–H groups in total. The number of carbonyl (C=O) groups excluding carboxylic acids is 1. The molecule has 1 saturated heterocycles. The lowest BCUT2D eigenvalue weighted by Gasteiger charge is -2.16. The number of aromatic nitrogens is 1. The first-order valence-electron chi connectivity index (χ1n) is 9.83. The molecule has 0 spiro atoms. The monoisotopic (exact) mass is 403 g/mol. The van der Waals surface area contributed by atoms with Crippen LogP contribution in [0.15, 0.2) is 79.1 Å². The number of para-hydroxylation sites is 1. The summed E-state index contributed by atoms with van der Waals surface area (Å²) in [6.07, 6.45) is 7.14. The molecule has 1 aliphatic heterocycles. The van der Waals surface area contributed by atoms with Crippen LogP contribution in [0.5, 0.6) is 11.5 Å². The number of rotatable bonds is 6. The number of nitrogens with one attached hydrogen (secondary N) is 1. The first-order chi connectivity index (χ1) is 14.7. The van der Waals surface area contributed by atoms with Gasteiger partial charge in [0.25, 0.3) is 0 Å². The molecule has 0 bridgehead atoms. The number of benzene rings is 2. The maximum atomic E-state index is 14.3. The predicted octanol–water partition coefficient (Wildman–Crippen LogP) is 4.74. The van der Waals surface area contributed by atoms with E-state index in [0.717, 1.165) is 12.1 Å². The van der Waals surface area contributed by atoms with Gasteiger partial charge in [-0.3, -0.25) is 9.78 Å². The van der Waals surface area contributed by atoms with E-state index in [1.165, 1.54) is 18.3 Å². The molecule has 1 fully saturated rings. The van der Waals surface area contributed by atoms with Gasteiger partial charge in [0.1, 0.15) is 5.75 Å². The minimum Gasteiger partial charge on any atom is -0.453 e. The van der Waals surface area contributed by atoms with Crippen LogP contribution in [0.25, 0.3) is 6.08 Å². The zero-order valence-electron chi connectivity index (χ0n) is 16.4. The average molecular weight is 403 g/mol. The third-order valence-corrected chi connectivity index (χ3v) is 4.88. The van der Waals surface area contributed by atoms with E-state index < -0.39 is 5.82 Å². The van der Waals surface area contributed by atoms with Crippen molar-refractivity contribution >= 4 is 17.7 Å². The van der Waals surface area contributed by atoms with Crippen molar-refractivity contribution in [1.29, 1.82) is 0 Å². The van der Waals surface area contributed by atoms with E-state index in [2.05, 4.69) is 10.3 Å². The second-order valence-corrected chi connectivity index (χ2v) is 7.09. The summed E-state index contributed by atoms with van der Waals surface area (Å²) >= 11 is 0. The molecule has 0 radical (unpaired) electrons. The van der Waals surface area contributed by atoms with Gasteiger partial charge in [-0.05, 0) is 54.5 Å². The third kappa shape index (κ3) is 5.03. The lowest BCUT2D eigenvalue weighted by Crippen LogP contribution is -2.30. The summed E-state index contributed by atoms with van der Waals surface area (Å²) in [7, 11) is 0. The smallest absolute Gasteiger partial charge is 0.246 e. The Morgan fingerprint density at radius 3 is 2.80 bits per heavy atom. The van der Waals surface area contributed by atoms with Gasteiger partial charge in [-0.2, -0.15) is 0 Å². The third-order valence-electron chi connectivity index (χ3n) is 4.88. The molecular formula is C24H22FN3O2. The van der Waals surface area contributed by atoms with Gasteiger partial charge in [0.2, 0.25) is 5.91 Å². The van der Waals surface area contributed by atoms with Crippen molar-refractivity contribution in [2.45, 2.75) is 12.5 Å². The summed E-state index contributed by atoms with van der Waals surface area (Å²) in [5, 5.41) is 3.45. The van der Waals surface area contributed by atoms with Gasteiger partial charge in [0.05, 0.1) is 6.20 Å². The van der Waals surface area contributed by atoms with Gasteiger partial charge < -0.3 is 15.0 Å². The Hall–Kier alpha value is -3.67. The van der Waals surface area contributed by atoms with Gasteiger partial charge in [0, 0.05) is 37.1 Å². The van der Waals surface area contributed by atoms with Gasteiger partial charge in [-0.1, -0.05) is 24.3 Å². The summed E-state index contributed by atoms with van der Waals surface area (Å²) in [5.74, 6) is -0.00590. The minimum atomic E-state index is -0.498. The van der Waals surface area contributed by atoms with E-state index in [1.807, 2.05) is 30.3 Å². The number of carbonyl (C=O) groups is 1. The van der Waals surface area contributed by atoms with E-state index in [0.29, 0.717) is 24.4 Å². The van der Waals surface area contributed by atoms with Gasteiger partial charge >= 0.3 is 0 Å². The molecule has 1 aromatic heterocycles. The molecule has 30 heavy (non-hydrogen) atoms. The van der Waals surface area contributed by atoms with Gasteiger partial charge in [-0.25, -0.2) is 4.39 Å². The zero-order valence-corrected chi connectivity index (χ0v) is 16.4. The molecule has 152 valence electrons. The topological polar surface area (TPSA) is 54.5 Å². The van der Waals surface area contributed by atoms with E-state index in [1.54, 1.807) is 41.4 Å². The molecular weight excluding hydrogens is 381 g/mol. The lowest BCUT2D eigenvalue weighted by atomic mass is 10.2. The highest BCUT2D eigenvalue weighted by atomic mass is 19.1. The highest BCUT2D eigenvalue weighted by Crippen LogP contribution is 2.25. The summed E-state index contributed by atoms with van der Waals surface area (Å²) in [6.45, 7) is 1.34. The standard InChI is InChI=1S/C24H22FN3O2/c25-22-15-18(8-10-23(22)30-21-7-4-13-26-16-21)9-11-24(29)28-14-12-20(17-28)27-19-5-2-1-3-6-19/h1-11,13,15-16,20,27H,12,14,17H2/b11-9+. The van der Waals surface area contributed by atoms with Crippen molar-refractivity contribution in [2.75, 3.05) is 18.4 Å². The van der Waals surface area contributed by atoms with E-state index in [9.17, 15) is 9.18 Å². The SMILES string of the molecule is O=C(/C=C/c1ccc(Oc2cccnc2)c(F)c1)N1CCC(Nc2ccccc2)C1. The van der Waals surface area contributed by atoms with Crippen LogP contribution >= 0.6 is 0 Å². The average Bonchev–Trinajstić information content (AvgIpc) is 3.24. The molecule has 3 aromatic rings. The number of nitrogens with zero attached hydrogens (tertiary/aromatic N) is 2. The Balaban J connectivity index is 1.33. The van der Waals surface area contributed by atoms with Crippen LogP contribution < -0.4 is 10.1 Å². The molecule has 0 aliphatic carbocycles. The number of hydrogen-bond acceptors (Lipinski definition) is 4. The largest absolute Gasteiger partial charge is 0.453 e. The molecule has 2 aromatic carbocycles. The number of pyridine rings is 1. The van der Waals surface area contributed by atoms with E-state index in [4.69, 9.17) is 4.74 Å². The van der Waals surface area contributed by atoms with Gasteiger partial charge in [0.15, 0.2) is 11.6 Å². The van der Waals surface area contributed by atoms with Crippen LogP contribution in [-0.2, 0) is 4.79 Å². The Morgan fingerprint density at radius 1 is 1.17 bits per heavy atom. The summed E-state index contributed by atoms with van der Waals surface area (Å²) < 4.78 is 19.8. The molecule has 0 saturated carbocycles. The number of amides is 1. The van der Waals surface area contributed by atoms with Crippen LogP contribution in [-0.4, -0.2) is 34.9 Å². The fraction of sp³-hybridized carbons (Fsp3) is 0.167. The van der Waals surface area contributed by atoms with Crippen molar-refractivity contribution in [2.24, 2.45) is 0 Å². The molecule has 1 unspecified atom stereocenters. The molecule has 1 atom stereocenters. The number of likely N-dealkylation sites (tertiary alicyclic amines) is 1. The summed E-state index contributed by atoms with van der Waals surface area (Å²) in [6, 6.07) is 18.2. The second kappa shape index (κ2) is 9.22. The molecule has 6 heteroatoms. The van der Waals surface area contributed by atoms with E-state index in [-0.39, 0.29) is 17.7 Å². The molecule has 1 aliphatic rings. The fourth-order valence-electron chi connectivity index (χ4n) is 3.36. The maximum absolute atomic E-state index is 14.3.